The van der Waals surface area contributed by atoms with Crippen LogP contribution in [0, 0.1) is 13.8 Å². The number of pyridine rings is 1. The number of hydrogen-bond donors (Lipinski definition) is 2. The van der Waals surface area contributed by atoms with Crippen LogP contribution in [0.25, 0.3) is 21.6 Å². The van der Waals surface area contributed by atoms with Gasteiger partial charge >= 0.3 is 0 Å². The third-order valence-electron chi connectivity index (χ3n) is 5.43. The molecule has 0 aromatic carbocycles. The maximum atomic E-state index is 14.9. The molecule has 0 saturated carbocycles. The number of ether oxygens (including phenoxy) is 1. The minimum Gasteiger partial charge on any atom is -0.383 e. The predicted molar refractivity (Wildman–Crippen MR) is 109 cm³/mol. The zero-order valence-electron chi connectivity index (χ0n) is 16.2. The summed E-state index contributed by atoms with van der Waals surface area (Å²) in [6.07, 6.45) is 3.09. The fourth-order valence-corrected chi connectivity index (χ4v) is 4.46. The summed E-state index contributed by atoms with van der Waals surface area (Å²) in [5.74, 6) is -2.57. The largest absolute Gasteiger partial charge is 0.383 e. The van der Waals surface area contributed by atoms with E-state index in [-0.39, 0.29) is 26.1 Å². The highest BCUT2D eigenvalue weighted by Crippen LogP contribution is 2.39. The van der Waals surface area contributed by atoms with Crippen LogP contribution in [-0.2, 0) is 4.74 Å². The maximum absolute atomic E-state index is 14.9. The Bertz CT molecular complexity index is 1020. The molecule has 0 radical (unpaired) electrons. The SMILES string of the molecule is Cc1sc2nc(-c3cccnc3)nc(NCC(F)(F)C3(O)CCOCC3)c2c1C. The molecule has 0 spiro atoms. The normalized spacial score (nSPS) is 16.9. The van der Waals surface area contributed by atoms with Crippen molar-refractivity contribution in [2.45, 2.75) is 38.2 Å². The minimum atomic E-state index is -3.33. The molecule has 1 fully saturated rings. The van der Waals surface area contributed by atoms with Gasteiger partial charge in [0.2, 0.25) is 0 Å². The average Bonchev–Trinajstić information content (AvgIpc) is 3.01. The lowest BCUT2D eigenvalue weighted by Gasteiger charge is -2.38. The van der Waals surface area contributed by atoms with Gasteiger partial charge in [-0.15, -0.1) is 11.3 Å². The maximum Gasteiger partial charge on any atom is 0.293 e. The van der Waals surface area contributed by atoms with Crippen molar-refractivity contribution in [3.63, 3.8) is 0 Å². The number of nitrogens with one attached hydrogen (secondary N) is 1. The number of rotatable bonds is 5. The Morgan fingerprint density at radius 1 is 1.28 bits per heavy atom. The fourth-order valence-electron chi connectivity index (χ4n) is 3.44. The first-order valence-electron chi connectivity index (χ1n) is 9.41. The third-order valence-corrected chi connectivity index (χ3v) is 6.53. The summed E-state index contributed by atoms with van der Waals surface area (Å²) in [6.45, 7) is 3.41. The first kappa shape index (κ1) is 20.1. The molecule has 0 amide bonds. The molecule has 6 nitrogen and oxygen atoms in total. The Morgan fingerprint density at radius 2 is 2.03 bits per heavy atom. The van der Waals surface area contributed by atoms with Crippen molar-refractivity contribution in [1.29, 1.82) is 0 Å². The summed E-state index contributed by atoms with van der Waals surface area (Å²) >= 11 is 1.50. The molecule has 0 bridgehead atoms. The molecule has 1 saturated heterocycles. The quantitative estimate of drug-likeness (QED) is 0.650. The molecular weight excluding hydrogens is 398 g/mol. The highest BCUT2D eigenvalue weighted by atomic mass is 32.1. The van der Waals surface area contributed by atoms with Gasteiger partial charge in [-0.3, -0.25) is 4.98 Å². The molecule has 154 valence electrons. The Hall–Kier alpha value is -2.23. The van der Waals surface area contributed by atoms with Crippen LogP contribution in [0.1, 0.15) is 23.3 Å². The van der Waals surface area contributed by atoms with Crippen molar-refractivity contribution in [3.8, 4) is 11.4 Å². The van der Waals surface area contributed by atoms with Gasteiger partial charge in [-0.2, -0.15) is 0 Å². The summed E-state index contributed by atoms with van der Waals surface area (Å²) in [4.78, 5) is 15.0. The topological polar surface area (TPSA) is 80.2 Å². The first-order chi connectivity index (χ1) is 13.8. The predicted octanol–water partition coefficient (Wildman–Crippen LogP) is 3.96. The number of halogens is 2. The lowest BCUT2D eigenvalue weighted by molar-refractivity contribution is -0.205. The molecule has 0 aliphatic carbocycles. The van der Waals surface area contributed by atoms with Gasteiger partial charge in [0, 0.05) is 48.9 Å². The average molecular weight is 420 g/mol. The monoisotopic (exact) mass is 420 g/mol. The zero-order valence-corrected chi connectivity index (χ0v) is 17.0. The molecule has 29 heavy (non-hydrogen) atoms. The summed E-state index contributed by atoms with van der Waals surface area (Å²) in [7, 11) is 0. The van der Waals surface area contributed by atoms with E-state index in [1.165, 1.54) is 11.3 Å². The van der Waals surface area contributed by atoms with Gasteiger partial charge in [-0.1, -0.05) is 0 Å². The highest BCUT2D eigenvalue weighted by Gasteiger charge is 2.52. The van der Waals surface area contributed by atoms with Gasteiger partial charge in [0.25, 0.3) is 5.92 Å². The standard InChI is InChI=1S/C20H22F2N4O2S/c1-12-13(2)29-18-15(12)17(25-16(26-18)14-4-3-7-23-10-14)24-11-20(21,22)19(27)5-8-28-9-6-19/h3-4,7,10,27H,5-6,8-9,11H2,1-2H3,(H,24,25,26). The van der Waals surface area contributed by atoms with Gasteiger partial charge in [0.05, 0.1) is 11.9 Å². The molecule has 3 aromatic heterocycles. The van der Waals surface area contributed by atoms with Gasteiger partial charge in [-0.25, -0.2) is 18.7 Å². The minimum absolute atomic E-state index is 0.0988. The second kappa shape index (κ2) is 7.55. The van der Waals surface area contributed by atoms with Crippen LogP contribution >= 0.6 is 11.3 Å². The molecule has 1 aliphatic heterocycles. The van der Waals surface area contributed by atoms with Gasteiger partial charge in [0.15, 0.2) is 5.82 Å². The van der Waals surface area contributed by atoms with Crippen LogP contribution < -0.4 is 5.32 Å². The van der Waals surface area contributed by atoms with Crippen molar-refractivity contribution in [3.05, 3.63) is 35.0 Å². The third kappa shape index (κ3) is 3.70. The van der Waals surface area contributed by atoms with E-state index in [1.807, 2.05) is 19.9 Å². The van der Waals surface area contributed by atoms with Crippen LogP contribution in [-0.4, -0.2) is 51.3 Å². The van der Waals surface area contributed by atoms with E-state index in [2.05, 4.69) is 20.3 Å². The molecule has 9 heteroatoms. The first-order valence-corrected chi connectivity index (χ1v) is 10.2. The van der Waals surface area contributed by atoms with E-state index < -0.39 is 18.1 Å². The highest BCUT2D eigenvalue weighted by molar-refractivity contribution is 7.18. The van der Waals surface area contributed by atoms with Crippen LogP contribution in [0.4, 0.5) is 14.6 Å². The van der Waals surface area contributed by atoms with E-state index in [9.17, 15) is 13.9 Å². The molecular formula is C20H22F2N4O2S. The van der Waals surface area contributed by atoms with Crippen molar-refractivity contribution in [2.24, 2.45) is 0 Å². The summed E-state index contributed by atoms with van der Waals surface area (Å²) in [5.41, 5.74) is -0.426. The Morgan fingerprint density at radius 3 is 2.72 bits per heavy atom. The lowest BCUT2D eigenvalue weighted by Crippen LogP contribution is -2.55. The summed E-state index contributed by atoms with van der Waals surface area (Å²) < 4.78 is 34.9. The van der Waals surface area contributed by atoms with Crippen LogP contribution in [0.2, 0.25) is 0 Å². The summed E-state index contributed by atoms with van der Waals surface area (Å²) in [5, 5.41) is 14.0. The zero-order chi connectivity index (χ0) is 20.6. The van der Waals surface area contributed by atoms with Crippen LogP contribution in [0.3, 0.4) is 0 Å². The number of aryl methyl sites for hydroxylation is 2. The van der Waals surface area contributed by atoms with Gasteiger partial charge < -0.3 is 15.2 Å². The molecule has 3 aromatic rings. The number of thiophene rings is 1. The van der Waals surface area contributed by atoms with Crippen molar-refractivity contribution < 1.29 is 18.6 Å². The summed E-state index contributed by atoms with van der Waals surface area (Å²) in [6, 6.07) is 3.60. The van der Waals surface area contributed by atoms with Crippen molar-refractivity contribution in [1.82, 2.24) is 15.0 Å². The van der Waals surface area contributed by atoms with E-state index >= 15 is 0 Å². The molecule has 0 unspecified atom stereocenters. The second-order valence-electron chi connectivity index (χ2n) is 7.30. The van der Waals surface area contributed by atoms with Crippen molar-refractivity contribution >= 4 is 27.4 Å². The number of hydrogen-bond acceptors (Lipinski definition) is 7. The Balaban J connectivity index is 1.70. The fraction of sp³-hybridized carbons (Fsp3) is 0.450. The number of anilines is 1. The van der Waals surface area contributed by atoms with E-state index in [4.69, 9.17) is 4.74 Å². The van der Waals surface area contributed by atoms with Crippen molar-refractivity contribution in [2.75, 3.05) is 25.1 Å². The van der Waals surface area contributed by atoms with E-state index in [1.54, 1.807) is 18.5 Å². The molecule has 1 aliphatic rings. The second-order valence-corrected chi connectivity index (χ2v) is 8.51. The van der Waals surface area contributed by atoms with Gasteiger partial charge in [-0.05, 0) is 31.5 Å². The van der Waals surface area contributed by atoms with E-state index in [0.29, 0.717) is 17.2 Å². The number of fused-ring (bicyclic) bond motifs is 1. The Kier molecular flexibility index (Phi) is 5.22. The van der Waals surface area contributed by atoms with E-state index in [0.717, 1.165) is 20.7 Å². The Labute approximate surface area is 171 Å². The smallest absolute Gasteiger partial charge is 0.293 e. The lowest BCUT2D eigenvalue weighted by atomic mass is 9.87. The molecule has 4 heterocycles. The molecule has 0 atom stereocenters. The number of aliphatic hydroxyl groups is 1. The van der Waals surface area contributed by atoms with Crippen LogP contribution in [0.15, 0.2) is 24.5 Å². The number of nitrogens with zero attached hydrogens (tertiary/aromatic N) is 3. The van der Waals surface area contributed by atoms with Gasteiger partial charge in [0.1, 0.15) is 16.2 Å². The molecule has 2 N–H and O–H groups in total. The molecule has 4 rings (SSSR count). The number of aromatic nitrogens is 3. The number of alkyl halides is 2. The van der Waals surface area contributed by atoms with Crippen LogP contribution in [0.5, 0.6) is 0 Å².